The van der Waals surface area contributed by atoms with Gasteiger partial charge in [0.2, 0.25) is 0 Å². The number of hydrogen-bond donors (Lipinski definition) is 2. The lowest BCUT2D eigenvalue weighted by atomic mass is 9.91. The van der Waals surface area contributed by atoms with E-state index in [9.17, 15) is 5.11 Å². The zero-order valence-electron chi connectivity index (χ0n) is 14.4. The molecule has 3 aromatic rings. The average Bonchev–Trinajstić information content (AvgIpc) is 2.68. The normalized spacial score (nSPS) is 19.0. The largest absolute Gasteiger partial charge is 0.387 e. The zero-order chi connectivity index (χ0) is 17.1. The lowest BCUT2D eigenvalue weighted by Crippen LogP contribution is -2.30. The number of aromatic nitrogens is 1. The minimum absolute atomic E-state index is 0.517. The van der Waals surface area contributed by atoms with Crippen molar-refractivity contribution in [3.8, 4) is 11.1 Å². The number of fused-ring (bicyclic) bond motifs is 1. The predicted molar refractivity (Wildman–Crippen MR) is 102 cm³/mol. The summed E-state index contributed by atoms with van der Waals surface area (Å²) in [6, 6.07) is 20.6. The van der Waals surface area contributed by atoms with E-state index in [-0.39, 0.29) is 0 Å². The first-order chi connectivity index (χ1) is 12.3. The molecular weight excluding hydrogens is 308 g/mol. The molecule has 0 amide bonds. The predicted octanol–water partition coefficient (Wildman–Crippen LogP) is 4.32. The minimum Gasteiger partial charge on any atom is -0.387 e. The SMILES string of the molecule is OC(CC1CCCNC1)c1cc(-c2ccccc2)c2ccccc2n1. The summed E-state index contributed by atoms with van der Waals surface area (Å²) in [6.45, 7) is 2.09. The van der Waals surface area contributed by atoms with E-state index in [2.05, 4.69) is 29.6 Å². The van der Waals surface area contributed by atoms with Crippen LogP contribution in [-0.2, 0) is 0 Å². The van der Waals surface area contributed by atoms with Gasteiger partial charge in [-0.2, -0.15) is 0 Å². The Morgan fingerprint density at radius 2 is 1.88 bits per heavy atom. The topological polar surface area (TPSA) is 45.1 Å². The lowest BCUT2D eigenvalue weighted by molar-refractivity contribution is 0.131. The minimum atomic E-state index is -0.517. The molecule has 3 nitrogen and oxygen atoms in total. The van der Waals surface area contributed by atoms with E-state index in [1.54, 1.807) is 0 Å². The molecule has 1 aliphatic rings. The Morgan fingerprint density at radius 3 is 2.68 bits per heavy atom. The van der Waals surface area contributed by atoms with Crippen LogP contribution in [0.25, 0.3) is 22.0 Å². The third-order valence-corrected chi connectivity index (χ3v) is 5.12. The van der Waals surface area contributed by atoms with Crippen LogP contribution in [0.1, 0.15) is 31.1 Å². The molecule has 4 rings (SSSR count). The van der Waals surface area contributed by atoms with Crippen LogP contribution in [0.5, 0.6) is 0 Å². The number of para-hydroxylation sites is 1. The average molecular weight is 332 g/mol. The van der Waals surface area contributed by atoms with Crippen LogP contribution in [0, 0.1) is 5.92 Å². The van der Waals surface area contributed by atoms with Gasteiger partial charge in [-0.05, 0) is 61.5 Å². The monoisotopic (exact) mass is 332 g/mol. The molecule has 2 heterocycles. The molecule has 1 aromatic heterocycles. The summed E-state index contributed by atoms with van der Waals surface area (Å²) in [5.74, 6) is 0.525. The summed E-state index contributed by atoms with van der Waals surface area (Å²) in [7, 11) is 0. The van der Waals surface area contributed by atoms with Crippen LogP contribution >= 0.6 is 0 Å². The quantitative estimate of drug-likeness (QED) is 0.748. The fourth-order valence-corrected chi connectivity index (χ4v) is 3.78. The van der Waals surface area contributed by atoms with Crippen molar-refractivity contribution in [3.05, 3.63) is 66.4 Å². The van der Waals surface area contributed by atoms with Crippen molar-refractivity contribution >= 4 is 10.9 Å². The molecule has 2 aromatic carbocycles. The van der Waals surface area contributed by atoms with Gasteiger partial charge in [-0.3, -0.25) is 4.98 Å². The van der Waals surface area contributed by atoms with E-state index in [1.165, 1.54) is 12.8 Å². The van der Waals surface area contributed by atoms with Gasteiger partial charge in [0.05, 0.1) is 17.3 Å². The van der Waals surface area contributed by atoms with Crippen LogP contribution in [0.2, 0.25) is 0 Å². The highest BCUT2D eigenvalue weighted by molar-refractivity contribution is 5.94. The number of piperidine rings is 1. The Labute approximate surface area is 148 Å². The molecule has 0 bridgehead atoms. The molecule has 0 radical (unpaired) electrons. The molecule has 0 saturated carbocycles. The third-order valence-electron chi connectivity index (χ3n) is 5.12. The molecule has 0 aliphatic carbocycles. The standard InChI is InChI=1S/C22H24N2O/c25-22(13-16-7-6-12-23-15-16)21-14-19(17-8-2-1-3-9-17)18-10-4-5-11-20(18)24-21/h1-5,8-11,14,16,22-23,25H,6-7,12-13,15H2. The van der Waals surface area contributed by atoms with Gasteiger partial charge in [0.1, 0.15) is 0 Å². The molecular formula is C22H24N2O. The fraction of sp³-hybridized carbons (Fsp3) is 0.318. The van der Waals surface area contributed by atoms with E-state index in [4.69, 9.17) is 4.98 Å². The van der Waals surface area contributed by atoms with E-state index < -0.39 is 6.10 Å². The Bertz CT molecular complexity index is 841. The Kier molecular flexibility index (Phi) is 4.77. The number of aliphatic hydroxyl groups excluding tert-OH is 1. The molecule has 2 unspecified atom stereocenters. The Hall–Kier alpha value is -2.23. The lowest BCUT2D eigenvalue weighted by Gasteiger charge is -2.25. The van der Waals surface area contributed by atoms with E-state index >= 15 is 0 Å². The maximum Gasteiger partial charge on any atom is 0.0963 e. The summed E-state index contributed by atoms with van der Waals surface area (Å²) in [5.41, 5.74) is 4.03. The second-order valence-electron chi connectivity index (χ2n) is 6.94. The Morgan fingerprint density at radius 1 is 1.08 bits per heavy atom. The van der Waals surface area contributed by atoms with Gasteiger partial charge < -0.3 is 10.4 Å². The maximum atomic E-state index is 10.8. The van der Waals surface area contributed by atoms with E-state index in [0.29, 0.717) is 5.92 Å². The number of nitrogens with one attached hydrogen (secondary N) is 1. The summed E-state index contributed by atoms with van der Waals surface area (Å²) in [6.07, 6.45) is 2.63. The fourth-order valence-electron chi connectivity index (χ4n) is 3.78. The van der Waals surface area contributed by atoms with Crippen LogP contribution in [-0.4, -0.2) is 23.2 Å². The van der Waals surface area contributed by atoms with Crippen molar-refractivity contribution in [2.45, 2.75) is 25.4 Å². The number of hydrogen-bond acceptors (Lipinski definition) is 3. The summed E-state index contributed by atoms with van der Waals surface area (Å²) < 4.78 is 0. The van der Waals surface area contributed by atoms with Gasteiger partial charge in [0.25, 0.3) is 0 Å². The first-order valence-electron chi connectivity index (χ1n) is 9.15. The summed E-state index contributed by atoms with van der Waals surface area (Å²) in [4.78, 5) is 4.76. The van der Waals surface area contributed by atoms with Gasteiger partial charge >= 0.3 is 0 Å². The number of benzene rings is 2. The Balaban J connectivity index is 1.72. The van der Waals surface area contributed by atoms with Crippen LogP contribution < -0.4 is 5.32 Å². The number of pyridine rings is 1. The highest BCUT2D eigenvalue weighted by atomic mass is 16.3. The van der Waals surface area contributed by atoms with Crippen LogP contribution in [0.15, 0.2) is 60.7 Å². The van der Waals surface area contributed by atoms with Crippen molar-refractivity contribution in [2.75, 3.05) is 13.1 Å². The van der Waals surface area contributed by atoms with Crippen molar-refractivity contribution in [3.63, 3.8) is 0 Å². The molecule has 128 valence electrons. The molecule has 1 aliphatic heterocycles. The number of aliphatic hydroxyl groups is 1. The van der Waals surface area contributed by atoms with E-state index in [0.717, 1.165) is 47.2 Å². The summed E-state index contributed by atoms with van der Waals surface area (Å²) >= 11 is 0. The maximum absolute atomic E-state index is 10.8. The molecule has 2 atom stereocenters. The van der Waals surface area contributed by atoms with Crippen LogP contribution in [0.3, 0.4) is 0 Å². The molecule has 3 heteroatoms. The molecule has 25 heavy (non-hydrogen) atoms. The van der Waals surface area contributed by atoms with E-state index in [1.807, 2.05) is 36.4 Å². The van der Waals surface area contributed by atoms with Crippen molar-refractivity contribution < 1.29 is 5.11 Å². The molecule has 0 spiro atoms. The molecule has 2 N–H and O–H groups in total. The second kappa shape index (κ2) is 7.34. The highest BCUT2D eigenvalue weighted by Gasteiger charge is 2.20. The summed E-state index contributed by atoms with van der Waals surface area (Å²) in [5, 5.41) is 15.4. The smallest absolute Gasteiger partial charge is 0.0963 e. The van der Waals surface area contributed by atoms with Gasteiger partial charge in [-0.25, -0.2) is 0 Å². The van der Waals surface area contributed by atoms with Gasteiger partial charge in [0.15, 0.2) is 0 Å². The zero-order valence-corrected chi connectivity index (χ0v) is 14.4. The molecule has 1 saturated heterocycles. The first kappa shape index (κ1) is 16.2. The molecule has 1 fully saturated rings. The van der Waals surface area contributed by atoms with Crippen molar-refractivity contribution in [2.24, 2.45) is 5.92 Å². The number of nitrogens with zero attached hydrogens (tertiary/aromatic N) is 1. The van der Waals surface area contributed by atoms with Gasteiger partial charge in [0, 0.05) is 5.39 Å². The van der Waals surface area contributed by atoms with Crippen LogP contribution in [0.4, 0.5) is 0 Å². The number of rotatable bonds is 4. The highest BCUT2D eigenvalue weighted by Crippen LogP contribution is 2.32. The first-order valence-corrected chi connectivity index (χ1v) is 9.15. The van der Waals surface area contributed by atoms with Gasteiger partial charge in [-0.1, -0.05) is 48.5 Å². The van der Waals surface area contributed by atoms with Crippen molar-refractivity contribution in [1.82, 2.24) is 10.3 Å². The van der Waals surface area contributed by atoms with Crippen molar-refractivity contribution in [1.29, 1.82) is 0 Å². The third kappa shape index (κ3) is 3.58. The van der Waals surface area contributed by atoms with Gasteiger partial charge in [-0.15, -0.1) is 0 Å². The second-order valence-corrected chi connectivity index (χ2v) is 6.94.